The first kappa shape index (κ1) is 21.9. The highest BCUT2D eigenvalue weighted by Gasteiger charge is 2.37. The highest BCUT2D eigenvalue weighted by Crippen LogP contribution is 2.33. The van der Waals surface area contributed by atoms with Crippen LogP contribution in [0.3, 0.4) is 0 Å². The van der Waals surface area contributed by atoms with Gasteiger partial charge in [-0.05, 0) is 26.0 Å². The minimum atomic E-state index is -2.22. The van der Waals surface area contributed by atoms with Crippen molar-refractivity contribution in [1.29, 1.82) is 0 Å². The first-order valence-electron chi connectivity index (χ1n) is 9.86. The average molecular weight is 450 g/mol. The fraction of sp³-hybridized carbons (Fsp3) is 0.273. The summed E-state index contributed by atoms with van der Waals surface area (Å²) in [5.41, 5.74) is 1.41. The molecule has 0 bridgehead atoms. The normalized spacial score (nSPS) is 17.0. The van der Waals surface area contributed by atoms with Crippen molar-refractivity contribution >= 4 is 5.91 Å². The van der Waals surface area contributed by atoms with E-state index in [4.69, 9.17) is 0 Å². The van der Waals surface area contributed by atoms with Crippen LogP contribution in [0.5, 0.6) is 0 Å². The van der Waals surface area contributed by atoms with E-state index in [0.717, 1.165) is 5.69 Å². The molecule has 5 nitrogen and oxygen atoms in total. The predicted molar refractivity (Wildman–Crippen MR) is 105 cm³/mol. The molecular formula is C22H19F5N4O. The van der Waals surface area contributed by atoms with Gasteiger partial charge in [0.2, 0.25) is 11.7 Å². The molecule has 1 aromatic heterocycles. The van der Waals surface area contributed by atoms with Gasteiger partial charge in [0.15, 0.2) is 23.3 Å². The Labute approximate surface area is 180 Å². The third-order valence-electron chi connectivity index (χ3n) is 5.60. The van der Waals surface area contributed by atoms with E-state index in [9.17, 15) is 26.7 Å². The van der Waals surface area contributed by atoms with Crippen LogP contribution in [0.2, 0.25) is 0 Å². The summed E-state index contributed by atoms with van der Waals surface area (Å²) in [6, 6.07) is 8.14. The van der Waals surface area contributed by atoms with E-state index in [1.165, 1.54) is 4.90 Å². The number of benzene rings is 2. The molecule has 0 saturated carbocycles. The van der Waals surface area contributed by atoms with Crippen molar-refractivity contribution in [3.8, 4) is 5.69 Å². The maximum atomic E-state index is 14.3. The molecule has 4 rings (SSSR count). The number of amides is 1. The quantitative estimate of drug-likeness (QED) is 0.373. The van der Waals surface area contributed by atoms with Crippen molar-refractivity contribution in [2.75, 3.05) is 13.1 Å². The van der Waals surface area contributed by atoms with Gasteiger partial charge in [0.1, 0.15) is 6.04 Å². The number of aromatic nitrogens is 2. The monoisotopic (exact) mass is 450 g/mol. The Morgan fingerprint density at radius 1 is 0.969 bits per heavy atom. The molecule has 1 amide bonds. The van der Waals surface area contributed by atoms with E-state index in [-0.39, 0.29) is 13.1 Å². The molecule has 2 heterocycles. The largest absolute Gasteiger partial charge is 0.353 e. The van der Waals surface area contributed by atoms with Gasteiger partial charge in [0.05, 0.1) is 11.4 Å². The molecule has 1 aliphatic heterocycles. The molecule has 1 aliphatic rings. The van der Waals surface area contributed by atoms with Crippen LogP contribution in [0.25, 0.3) is 5.69 Å². The van der Waals surface area contributed by atoms with Crippen LogP contribution in [0.4, 0.5) is 22.0 Å². The van der Waals surface area contributed by atoms with Crippen LogP contribution < -0.4 is 5.32 Å². The van der Waals surface area contributed by atoms with Gasteiger partial charge in [0, 0.05) is 36.5 Å². The smallest absolute Gasteiger partial charge is 0.242 e. The molecule has 0 aliphatic carbocycles. The Kier molecular flexibility index (Phi) is 5.72. The van der Waals surface area contributed by atoms with Gasteiger partial charge < -0.3 is 5.32 Å². The zero-order chi connectivity index (χ0) is 23.2. The molecule has 2 aromatic carbocycles. The number of carbonyl (C=O) groups is 1. The molecule has 1 N–H and O–H groups in total. The Hall–Kier alpha value is -3.27. The summed E-state index contributed by atoms with van der Waals surface area (Å²) in [6.07, 6.45) is 0. The van der Waals surface area contributed by atoms with E-state index in [0.29, 0.717) is 17.0 Å². The number of nitrogens with one attached hydrogen (secondary N) is 1. The molecule has 168 valence electrons. The second kappa shape index (κ2) is 8.34. The van der Waals surface area contributed by atoms with Crippen LogP contribution >= 0.6 is 0 Å². The molecule has 0 radical (unpaired) electrons. The van der Waals surface area contributed by atoms with Gasteiger partial charge in [0.25, 0.3) is 0 Å². The Balaban J connectivity index is 1.78. The minimum absolute atomic E-state index is 0.144. The van der Waals surface area contributed by atoms with Crippen LogP contribution in [0.1, 0.15) is 28.6 Å². The number of carbonyl (C=O) groups excluding carboxylic acids is 1. The lowest BCUT2D eigenvalue weighted by atomic mass is 9.99. The number of halogens is 5. The van der Waals surface area contributed by atoms with Crippen LogP contribution in [-0.4, -0.2) is 33.7 Å². The second-order valence-electron chi connectivity index (χ2n) is 7.54. The number of rotatable bonds is 4. The topological polar surface area (TPSA) is 50.2 Å². The molecule has 1 fully saturated rings. The predicted octanol–water partition coefficient (Wildman–Crippen LogP) is 3.86. The van der Waals surface area contributed by atoms with E-state index in [1.54, 1.807) is 18.5 Å². The number of hydrogen-bond acceptors (Lipinski definition) is 3. The fourth-order valence-electron chi connectivity index (χ4n) is 4.06. The summed E-state index contributed by atoms with van der Waals surface area (Å²) in [5.74, 6) is -10.5. The number of nitrogens with zero attached hydrogens (tertiary/aromatic N) is 3. The van der Waals surface area contributed by atoms with Crippen LogP contribution in [-0.2, 0) is 11.3 Å². The maximum Gasteiger partial charge on any atom is 0.242 e. The summed E-state index contributed by atoms with van der Waals surface area (Å²) in [4.78, 5) is 14.2. The van der Waals surface area contributed by atoms with Crippen molar-refractivity contribution in [2.45, 2.75) is 26.4 Å². The molecule has 0 unspecified atom stereocenters. The first-order valence-corrected chi connectivity index (χ1v) is 9.86. The van der Waals surface area contributed by atoms with E-state index >= 15 is 0 Å². The third kappa shape index (κ3) is 3.54. The average Bonchev–Trinajstić information content (AvgIpc) is 3.08. The molecule has 1 atom stereocenters. The van der Waals surface area contributed by atoms with Gasteiger partial charge in [-0.1, -0.05) is 18.2 Å². The van der Waals surface area contributed by atoms with Crippen molar-refractivity contribution in [3.05, 3.63) is 81.9 Å². The van der Waals surface area contributed by atoms with Crippen LogP contribution in [0, 0.1) is 42.9 Å². The minimum Gasteiger partial charge on any atom is -0.353 e. The number of hydrogen-bond donors (Lipinski definition) is 1. The van der Waals surface area contributed by atoms with E-state index in [1.807, 2.05) is 30.3 Å². The Morgan fingerprint density at radius 3 is 2.19 bits per heavy atom. The maximum absolute atomic E-state index is 14.3. The van der Waals surface area contributed by atoms with Gasteiger partial charge in [-0.2, -0.15) is 5.10 Å². The van der Waals surface area contributed by atoms with Crippen LogP contribution in [0.15, 0.2) is 30.3 Å². The van der Waals surface area contributed by atoms with Crippen molar-refractivity contribution in [3.63, 3.8) is 0 Å². The van der Waals surface area contributed by atoms with E-state index in [2.05, 4.69) is 10.4 Å². The zero-order valence-corrected chi connectivity index (χ0v) is 17.2. The molecule has 1 saturated heterocycles. The SMILES string of the molecule is Cc1nn(-c2ccccc2)c(C)c1[C@@H]1C(=O)NCCN1Cc1c(F)c(F)c(F)c(F)c1F. The molecule has 0 spiro atoms. The van der Waals surface area contributed by atoms with Gasteiger partial charge >= 0.3 is 0 Å². The lowest BCUT2D eigenvalue weighted by Gasteiger charge is -2.35. The molecule has 3 aromatic rings. The summed E-state index contributed by atoms with van der Waals surface area (Å²) in [5, 5.41) is 7.20. The van der Waals surface area contributed by atoms with Crippen molar-refractivity contribution < 1.29 is 26.7 Å². The standard InChI is InChI=1S/C22H19F5N4O/c1-11-15(12(2)31(29-11)13-6-4-3-5-7-13)21-22(32)28-8-9-30(21)10-14-16(23)18(25)20(27)19(26)17(14)24/h3-7,21H,8-10H2,1-2H3,(H,28,32)/t21-/m1/s1. The van der Waals surface area contributed by atoms with Gasteiger partial charge in [-0.3, -0.25) is 9.69 Å². The van der Waals surface area contributed by atoms with Crippen molar-refractivity contribution in [1.82, 2.24) is 20.0 Å². The second-order valence-corrected chi connectivity index (χ2v) is 7.54. The highest BCUT2D eigenvalue weighted by molar-refractivity contribution is 5.84. The molecule has 32 heavy (non-hydrogen) atoms. The fourth-order valence-corrected chi connectivity index (χ4v) is 4.06. The summed E-state index contributed by atoms with van der Waals surface area (Å²) in [7, 11) is 0. The summed E-state index contributed by atoms with van der Waals surface area (Å²) >= 11 is 0. The highest BCUT2D eigenvalue weighted by atomic mass is 19.2. The number of para-hydroxylation sites is 1. The zero-order valence-electron chi connectivity index (χ0n) is 17.2. The van der Waals surface area contributed by atoms with Gasteiger partial charge in [-0.25, -0.2) is 26.6 Å². The van der Waals surface area contributed by atoms with E-state index < -0.39 is 53.1 Å². The van der Waals surface area contributed by atoms with Crippen molar-refractivity contribution in [2.24, 2.45) is 0 Å². The third-order valence-corrected chi connectivity index (χ3v) is 5.60. The lowest BCUT2D eigenvalue weighted by molar-refractivity contribution is -0.129. The molecular weight excluding hydrogens is 431 g/mol. The Morgan fingerprint density at radius 2 is 1.56 bits per heavy atom. The summed E-state index contributed by atoms with van der Waals surface area (Å²) < 4.78 is 71.1. The lowest BCUT2D eigenvalue weighted by Crippen LogP contribution is -2.50. The first-order chi connectivity index (χ1) is 15.2. The summed E-state index contributed by atoms with van der Waals surface area (Å²) in [6.45, 7) is 3.11. The number of piperazine rings is 1. The number of aryl methyl sites for hydroxylation is 1. The Bertz CT molecular complexity index is 1170. The molecule has 10 heteroatoms. The van der Waals surface area contributed by atoms with Gasteiger partial charge in [-0.15, -0.1) is 0 Å².